The van der Waals surface area contributed by atoms with Gasteiger partial charge in [0.2, 0.25) is 0 Å². The van der Waals surface area contributed by atoms with Gasteiger partial charge in [-0.3, -0.25) is 4.79 Å². The molecule has 23 heavy (non-hydrogen) atoms. The van der Waals surface area contributed by atoms with E-state index >= 15 is 0 Å². The lowest BCUT2D eigenvalue weighted by Crippen LogP contribution is -2.29. The highest BCUT2D eigenvalue weighted by atomic mass is 32.2. The average Bonchev–Trinajstić information content (AvgIpc) is 2.70. The summed E-state index contributed by atoms with van der Waals surface area (Å²) in [5, 5.41) is 0. The molecule has 0 saturated heterocycles. The van der Waals surface area contributed by atoms with Crippen molar-refractivity contribution in [3.8, 4) is 5.75 Å². The Bertz CT molecular complexity index is 850. The smallest absolute Gasteiger partial charge is 0.387 e. The van der Waals surface area contributed by atoms with Gasteiger partial charge in [0.05, 0.1) is 12.1 Å². The molecule has 0 fully saturated rings. The van der Waals surface area contributed by atoms with Gasteiger partial charge in [-0.1, -0.05) is 24.3 Å². The molecule has 1 amide bonds. The molecular formula is C15H11F2NO4S. The molecule has 1 aliphatic rings. The Morgan fingerprint density at radius 2 is 1.70 bits per heavy atom. The van der Waals surface area contributed by atoms with Crippen molar-refractivity contribution in [1.82, 2.24) is 4.31 Å². The summed E-state index contributed by atoms with van der Waals surface area (Å²) in [6.45, 7) is -3.11. The van der Waals surface area contributed by atoms with Gasteiger partial charge in [-0.15, -0.1) is 0 Å². The van der Waals surface area contributed by atoms with Crippen molar-refractivity contribution in [3.63, 3.8) is 0 Å². The summed E-state index contributed by atoms with van der Waals surface area (Å²) in [5.74, 6) is -0.642. The number of ether oxygens (including phenoxy) is 1. The largest absolute Gasteiger partial charge is 0.435 e. The first-order valence-corrected chi connectivity index (χ1v) is 8.03. The van der Waals surface area contributed by atoms with E-state index in [1.54, 1.807) is 12.1 Å². The molecule has 1 heterocycles. The fraction of sp³-hybridized carbons (Fsp3) is 0.133. The summed E-state index contributed by atoms with van der Waals surface area (Å²) < 4.78 is 54.0. The minimum absolute atomic E-state index is 0.0253. The van der Waals surface area contributed by atoms with Gasteiger partial charge in [-0.05, 0) is 29.8 Å². The molecule has 0 spiro atoms. The Morgan fingerprint density at radius 3 is 2.30 bits per heavy atom. The molecule has 2 aromatic rings. The molecule has 0 radical (unpaired) electrons. The van der Waals surface area contributed by atoms with Crippen molar-refractivity contribution < 1.29 is 26.7 Å². The maximum absolute atomic E-state index is 12.4. The molecule has 3 rings (SSSR count). The molecule has 0 saturated carbocycles. The molecule has 1 aliphatic heterocycles. The van der Waals surface area contributed by atoms with Crippen LogP contribution in [0.15, 0.2) is 53.4 Å². The van der Waals surface area contributed by atoms with Crippen molar-refractivity contribution in [1.29, 1.82) is 0 Å². The van der Waals surface area contributed by atoms with Gasteiger partial charge in [0.1, 0.15) is 10.6 Å². The maximum Gasteiger partial charge on any atom is 0.387 e. The quantitative estimate of drug-likeness (QED) is 0.859. The van der Waals surface area contributed by atoms with Crippen molar-refractivity contribution >= 4 is 15.9 Å². The van der Waals surface area contributed by atoms with E-state index in [1.165, 1.54) is 36.4 Å². The second-order valence-electron chi connectivity index (χ2n) is 4.84. The highest BCUT2D eigenvalue weighted by Gasteiger charge is 2.40. The predicted molar refractivity (Wildman–Crippen MR) is 76.6 cm³/mol. The first-order chi connectivity index (χ1) is 10.9. The zero-order valence-corrected chi connectivity index (χ0v) is 12.5. The number of halogens is 2. The highest BCUT2D eigenvalue weighted by molar-refractivity contribution is 7.90. The summed E-state index contributed by atoms with van der Waals surface area (Å²) in [6, 6.07) is 11.4. The standard InChI is InChI=1S/C15H11F2NO4S/c16-15(17)22-11-7-5-10(6-8-11)9-18-14(19)12-3-1-2-4-13(12)23(18,20)21/h1-8,15H,9H2. The number of amides is 1. The number of sulfonamides is 1. The van der Waals surface area contributed by atoms with Gasteiger partial charge in [0, 0.05) is 0 Å². The minimum Gasteiger partial charge on any atom is -0.435 e. The normalized spacial score (nSPS) is 15.8. The van der Waals surface area contributed by atoms with Crippen LogP contribution in [0.5, 0.6) is 5.75 Å². The lowest BCUT2D eigenvalue weighted by atomic mass is 10.2. The third-order valence-corrected chi connectivity index (χ3v) is 5.17. The Morgan fingerprint density at radius 1 is 1.04 bits per heavy atom. The maximum atomic E-state index is 12.4. The SMILES string of the molecule is O=C1c2ccccc2S(=O)(=O)N1Cc1ccc(OC(F)F)cc1. The molecule has 2 aromatic carbocycles. The number of rotatable bonds is 4. The Balaban J connectivity index is 1.85. The van der Waals surface area contributed by atoms with Crippen LogP contribution in [-0.4, -0.2) is 25.2 Å². The van der Waals surface area contributed by atoms with E-state index < -0.39 is 22.5 Å². The van der Waals surface area contributed by atoms with Gasteiger partial charge in [-0.25, -0.2) is 12.7 Å². The van der Waals surface area contributed by atoms with Crippen LogP contribution in [0, 0.1) is 0 Å². The van der Waals surface area contributed by atoms with Gasteiger partial charge in [-0.2, -0.15) is 8.78 Å². The van der Waals surface area contributed by atoms with E-state index in [-0.39, 0.29) is 22.8 Å². The van der Waals surface area contributed by atoms with Crippen LogP contribution in [0.3, 0.4) is 0 Å². The first kappa shape index (κ1) is 15.4. The van der Waals surface area contributed by atoms with Crippen LogP contribution in [0.4, 0.5) is 8.78 Å². The van der Waals surface area contributed by atoms with E-state index in [2.05, 4.69) is 4.74 Å². The van der Waals surface area contributed by atoms with Crippen LogP contribution in [-0.2, 0) is 16.6 Å². The number of hydrogen-bond acceptors (Lipinski definition) is 4. The Labute approximate surface area is 131 Å². The number of alkyl halides is 2. The van der Waals surface area contributed by atoms with Crippen LogP contribution in [0.1, 0.15) is 15.9 Å². The van der Waals surface area contributed by atoms with Crippen LogP contribution in [0.25, 0.3) is 0 Å². The van der Waals surface area contributed by atoms with Crippen molar-refractivity contribution in [2.24, 2.45) is 0 Å². The number of hydrogen-bond donors (Lipinski definition) is 0. The third kappa shape index (κ3) is 2.77. The second-order valence-corrected chi connectivity index (χ2v) is 6.67. The monoisotopic (exact) mass is 339 g/mol. The van der Waals surface area contributed by atoms with Crippen molar-refractivity contribution in [3.05, 3.63) is 59.7 Å². The van der Waals surface area contributed by atoms with Gasteiger partial charge in [0.25, 0.3) is 15.9 Å². The molecule has 120 valence electrons. The average molecular weight is 339 g/mol. The highest BCUT2D eigenvalue weighted by Crippen LogP contribution is 2.31. The van der Waals surface area contributed by atoms with Crippen molar-refractivity contribution in [2.45, 2.75) is 18.1 Å². The van der Waals surface area contributed by atoms with E-state index in [9.17, 15) is 22.0 Å². The fourth-order valence-corrected chi connectivity index (χ4v) is 3.89. The van der Waals surface area contributed by atoms with E-state index in [0.717, 1.165) is 4.31 Å². The first-order valence-electron chi connectivity index (χ1n) is 6.59. The van der Waals surface area contributed by atoms with Crippen molar-refractivity contribution in [2.75, 3.05) is 0 Å². The molecule has 0 aromatic heterocycles. The van der Waals surface area contributed by atoms with E-state index in [0.29, 0.717) is 5.56 Å². The molecule has 5 nitrogen and oxygen atoms in total. The summed E-state index contributed by atoms with van der Waals surface area (Å²) in [7, 11) is -3.89. The van der Waals surface area contributed by atoms with Crippen LogP contribution >= 0.6 is 0 Å². The van der Waals surface area contributed by atoms with E-state index in [1.807, 2.05) is 0 Å². The lowest BCUT2D eigenvalue weighted by molar-refractivity contribution is -0.0498. The number of carbonyl (C=O) groups is 1. The number of nitrogens with zero attached hydrogens (tertiary/aromatic N) is 1. The molecule has 0 atom stereocenters. The summed E-state index contributed by atoms with van der Waals surface area (Å²) in [5.41, 5.74) is 0.613. The minimum atomic E-state index is -3.89. The zero-order chi connectivity index (χ0) is 16.6. The molecular weight excluding hydrogens is 328 g/mol. The summed E-state index contributed by atoms with van der Waals surface area (Å²) in [6.07, 6.45) is 0. The van der Waals surface area contributed by atoms with Gasteiger partial charge in [0.15, 0.2) is 0 Å². The second kappa shape index (κ2) is 5.62. The molecule has 8 heteroatoms. The number of carbonyl (C=O) groups excluding carboxylic acids is 1. The zero-order valence-electron chi connectivity index (χ0n) is 11.6. The summed E-state index contributed by atoms with van der Waals surface area (Å²) in [4.78, 5) is 12.2. The van der Waals surface area contributed by atoms with Crippen LogP contribution in [0.2, 0.25) is 0 Å². The lowest BCUT2D eigenvalue weighted by Gasteiger charge is -2.15. The van der Waals surface area contributed by atoms with Crippen LogP contribution < -0.4 is 4.74 Å². The molecule has 0 bridgehead atoms. The topological polar surface area (TPSA) is 63.7 Å². The molecule has 0 aliphatic carbocycles. The number of benzene rings is 2. The third-order valence-electron chi connectivity index (χ3n) is 3.39. The van der Waals surface area contributed by atoms with Gasteiger partial charge < -0.3 is 4.74 Å². The molecule has 0 N–H and O–H groups in total. The van der Waals surface area contributed by atoms with E-state index in [4.69, 9.17) is 0 Å². The Kier molecular flexibility index (Phi) is 3.77. The number of fused-ring (bicyclic) bond motifs is 1. The fourth-order valence-electron chi connectivity index (χ4n) is 2.33. The Hall–Kier alpha value is -2.48. The van der Waals surface area contributed by atoms with Gasteiger partial charge >= 0.3 is 6.61 Å². The summed E-state index contributed by atoms with van der Waals surface area (Å²) >= 11 is 0. The molecule has 0 unspecified atom stereocenters. The predicted octanol–water partition coefficient (Wildman–Crippen LogP) is 2.63.